The summed E-state index contributed by atoms with van der Waals surface area (Å²) in [5.74, 6) is -1.20. The van der Waals surface area contributed by atoms with Gasteiger partial charge in [-0.1, -0.05) is 12.8 Å². The van der Waals surface area contributed by atoms with Crippen molar-refractivity contribution in [3.05, 3.63) is 17.0 Å². The van der Waals surface area contributed by atoms with Crippen LogP contribution in [0, 0.1) is 13.8 Å². The number of aromatic nitrogens is 1. The van der Waals surface area contributed by atoms with Gasteiger partial charge in [-0.15, -0.1) is 0 Å². The van der Waals surface area contributed by atoms with E-state index in [1.165, 1.54) is 13.8 Å². The summed E-state index contributed by atoms with van der Waals surface area (Å²) in [5.41, 5.74) is 0.331. The van der Waals surface area contributed by atoms with Crippen LogP contribution in [0.25, 0.3) is 0 Å². The Balaban J connectivity index is 2.34. The molecule has 4 N–H and O–H groups in total. The zero-order valence-electron chi connectivity index (χ0n) is 12.0. The van der Waals surface area contributed by atoms with Gasteiger partial charge in [-0.3, -0.25) is 0 Å². The summed E-state index contributed by atoms with van der Waals surface area (Å²) < 4.78 is 27.5. The molecule has 0 radical (unpaired) electrons. The van der Waals surface area contributed by atoms with Crippen molar-refractivity contribution in [1.82, 2.24) is 9.71 Å². The molecule has 0 spiro atoms. The molecule has 2 rings (SSSR count). The maximum Gasteiger partial charge on any atom is 0.352 e. The fourth-order valence-electron chi connectivity index (χ4n) is 2.86. The van der Waals surface area contributed by atoms with Crippen LogP contribution in [-0.2, 0) is 10.0 Å². The molecule has 21 heavy (non-hydrogen) atoms. The summed E-state index contributed by atoms with van der Waals surface area (Å²) in [7, 11) is -3.87. The van der Waals surface area contributed by atoms with Crippen LogP contribution < -0.4 is 4.72 Å². The molecular formula is C13H20N2O5S. The Labute approximate surface area is 123 Å². The molecule has 1 aromatic rings. The third-order valence-electron chi connectivity index (χ3n) is 3.89. The summed E-state index contributed by atoms with van der Waals surface area (Å²) in [6.45, 7) is 2.98. The molecular weight excluding hydrogens is 296 g/mol. The predicted octanol–water partition coefficient (Wildman–Crippen LogP) is 0.912. The average Bonchev–Trinajstić information content (AvgIpc) is 2.68. The number of carbonyl (C=O) groups is 1. The molecule has 1 fully saturated rings. The van der Waals surface area contributed by atoms with E-state index in [1.807, 2.05) is 0 Å². The second-order valence-corrected chi connectivity index (χ2v) is 7.11. The summed E-state index contributed by atoms with van der Waals surface area (Å²) >= 11 is 0. The molecule has 2 atom stereocenters. The number of rotatable bonds is 4. The second-order valence-electron chi connectivity index (χ2n) is 5.46. The highest BCUT2D eigenvalue weighted by Crippen LogP contribution is 2.25. The zero-order chi connectivity index (χ0) is 15.8. The first kappa shape index (κ1) is 16.0. The largest absolute Gasteiger partial charge is 0.477 e. The molecule has 1 saturated carbocycles. The third-order valence-corrected chi connectivity index (χ3v) is 5.65. The maximum atomic E-state index is 12.5. The number of hydrogen-bond acceptors (Lipinski definition) is 4. The fraction of sp³-hybridized carbons (Fsp3) is 0.615. The van der Waals surface area contributed by atoms with Crippen molar-refractivity contribution in [1.29, 1.82) is 0 Å². The van der Waals surface area contributed by atoms with Crippen LogP contribution in [0.5, 0.6) is 0 Å². The van der Waals surface area contributed by atoms with Gasteiger partial charge in [0.15, 0.2) is 0 Å². The van der Waals surface area contributed by atoms with Gasteiger partial charge in [0.05, 0.1) is 6.10 Å². The first-order valence-electron chi connectivity index (χ1n) is 6.87. The van der Waals surface area contributed by atoms with E-state index in [1.54, 1.807) is 0 Å². The Kier molecular flexibility index (Phi) is 4.40. The molecule has 0 bridgehead atoms. The number of hydrogen-bond donors (Lipinski definition) is 4. The molecule has 0 aliphatic heterocycles. The first-order chi connectivity index (χ1) is 9.74. The van der Waals surface area contributed by atoms with E-state index in [2.05, 4.69) is 9.71 Å². The summed E-state index contributed by atoms with van der Waals surface area (Å²) in [6.07, 6.45) is 2.18. The third kappa shape index (κ3) is 3.12. The van der Waals surface area contributed by atoms with Crippen molar-refractivity contribution in [2.75, 3.05) is 0 Å². The highest BCUT2D eigenvalue weighted by Gasteiger charge is 2.32. The number of aromatic carboxylic acids is 1. The van der Waals surface area contributed by atoms with E-state index in [9.17, 15) is 18.3 Å². The van der Waals surface area contributed by atoms with Gasteiger partial charge >= 0.3 is 5.97 Å². The molecule has 1 aliphatic carbocycles. The van der Waals surface area contributed by atoms with Crippen molar-refractivity contribution in [3.8, 4) is 0 Å². The number of aliphatic hydroxyl groups excluding tert-OH is 1. The highest BCUT2D eigenvalue weighted by molar-refractivity contribution is 7.89. The molecule has 0 aromatic carbocycles. The highest BCUT2D eigenvalue weighted by atomic mass is 32.2. The van der Waals surface area contributed by atoms with E-state index in [0.717, 1.165) is 12.8 Å². The number of aliphatic hydroxyl groups is 1. The van der Waals surface area contributed by atoms with Gasteiger partial charge < -0.3 is 15.2 Å². The van der Waals surface area contributed by atoms with Gasteiger partial charge in [-0.2, -0.15) is 0 Å². The molecule has 7 nitrogen and oxygen atoms in total. The number of carboxylic acid groups (broad SMARTS) is 1. The first-order valence-corrected chi connectivity index (χ1v) is 8.35. The Morgan fingerprint density at radius 2 is 1.90 bits per heavy atom. The second kappa shape index (κ2) is 5.78. The normalized spacial score (nSPS) is 23.2. The Bertz CT molecular complexity index is 650. The fourth-order valence-corrected chi connectivity index (χ4v) is 4.61. The quantitative estimate of drug-likeness (QED) is 0.658. The number of aryl methyl sites for hydroxylation is 1. The number of H-pyrrole nitrogens is 1. The van der Waals surface area contributed by atoms with E-state index >= 15 is 0 Å². The van der Waals surface area contributed by atoms with Crippen molar-refractivity contribution >= 4 is 16.0 Å². The summed E-state index contributed by atoms with van der Waals surface area (Å²) in [4.78, 5) is 13.6. The van der Waals surface area contributed by atoms with E-state index in [0.29, 0.717) is 12.8 Å². The Hall–Kier alpha value is -1.38. The standard InChI is InChI=1S/C13H20N2O5S/c1-7-11(13(17)18)14-8(2)12(7)21(19,20)15-9-5-3-4-6-10(9)16/h9-10,14-16H,3-6H2,1-2H3,(H,17,18)/t9-,10-/m1/s1. The molecule has 0 amide bonds. The topological polar surface area (TPSA) is 119 Å². The average molecular weight is 316 g/mol. The van der Waals surface area contributed by atoms with Crippen molar-refractivity contribution in [2.45, 2.75) is 56.6 Å². The van der Waals surface area contributed by atoms with Gasteiger partial charge in [-0.05, 0) is 26.7 Å². The lowest BCUT2D eigenvalue weighted by Crippen LogP contribution is -2.45. The Morgan fingerprint density at radius 3 is 2.43 bits per heavy atom. The minimum absolute atomic E-state index is 0.0438. The SMILES string of the molecule is Cc1[nH]c(C(=O)O)c(C)c1S(=O)(=O)N[C@@H]1CCCC[C@H]1O. The molecule has 8 heteroatoms. The lowest BCUT2D eigenvalue weighted by Gasteiger charge is -2.28. The number of nitrogens with one attached hydrogen (secondary N) is 2. The van der Waals surface area contributed by atoms with Gasteiger partial charge in [0, 0.05) is 17.3 Å². The number of aromatic amines is 1. The van der Waals surface area contributed by atoms with Gasteiger partial charge in [0.2, 0.25) is 10.0 Å². The Morgan fingerprint density at radius 1 is 1.29 bits per heavy atom. The molecule has 118 valence electrons. The minimum Gasteiger partial charge on any atom is -0.477 e. The van der Waals surface area contributed by atoms with Crippen LogP contribution >= 0.6 is 0 Å². The van der Waals surface area contributed by atoms with Crippen molar-refractivity contribution in [3.63, 3.8) is 0 Å². The lowest BCUT2D eigenvalue weighted by molar-refractivity contribution is 0.0690. The van der Waals surface area contributed by atoms with Gasteiger partial charge in [0.25, 0.3) is 0 Å². The smallest absolute Gasteiger partial charge is 0.352 e. The van der Waals surface area contributed by atoms with Crippen LogP contribution in [0.1, 0.15) is 47.4 Å². The van der Waals surface area contributed by atoms with E-state index in [-0.39, 0.29) is 21.8 Å². The molecule has 0 unspecified atom stereocenters. The number of carboxylic acids is 1. The summed E-state index contributed by atoms with van der Waals surface area (Å²) in [6, 6.07) is -0.522. The van der Waals surface area contributed by atoms with Crippen LogP contribution in [0.2, 0.25) is 0 Å². The van der Waals surface area contributed by atoms with E-state index < -0.39 is 28.1 Å². The van der Waals surface area contributed by atoms with Crippen molar-refractivity contribution < 1.29 is 23.4 Å². The summed E-state index contributed by atoms with van der Waals surface area (Å²) in [5, 5.41) is 18.9. The van der Waals surface area contributed by atoms with Crippen LogP contribution in [0.3, 0.4) is 0 Å². The van der Waals surface area contributed by atoms with Gasteiger partial charge in [0.1, 0.15) is 10.6 Å². The lowest BCUT2D eigenvalue weighted by atomic mass is 9.93. The molecule has 0 saturated heterocycles. The molecule has 1 aromatic heterocycles. The monoisotopic (exact) mass is 316 g/mol. The van der Waals surface area contributed by atoms with Gasteiger partial charge in [-0.25, -0.2) is 17.9 Å². The van der Waals surface area contributed by atoms with Crippen LogP contribution in [0.15, 0.2) is 4.90 Å². The molecule has 1 heterocycles. The minimum atomic E-state index is -3.87. The van der Waals surface area contributed by atoms with Crippen LogP contribution in [0.4, 0.5) is 0 Å². The predicted molar refractivity (Wildman–Crippen MR) is 75.8 cm³/mol. The maximum absolute atomic E-state index is 12.5. The van der Waals surface area contributed by atoms with Crippen LogP contribution in [-0.4, -0.2) is 41.7 Å². The molecule has 1 aliphatic rings. The zero-order valence-corrected chi connectivity index (χ0v) is 12.8. The van der Waals surface area contributed by atoms with Crippen molar-refractivity contribution in [2.24, 2.45) is 0 Å². The van der Waals surface area contributed by atoms with E-state index in [4.69, 9.17) is 5.11 Å². The number of sulfonamides is 1.